The van der Waals surface area contributed by atoms with Gasteiger partial charge in [-0.15, -0.1) is 10.2 Å². The predicted molar refractivity (Wildman–Crippen MR) is 139 cm³/mol. The number of carbonyl (C=O) groups excluding carboxylic acids is 1. The maximum atomic E-state index is 12.5. The molecule has 0 atom stereocenters. The second kappa shape index (κ2) is 9.71. The summed E-state index contributed by atoms with van der Waals surface area (Å²) in [5.41, 5.74) is 3.31. The Balaban J connectivity index is 1.29. The Morgan fingerprint density at radius 2 is 1.65 bits per heavy atom. The SMILES string of the molecule is Cn1c(SCc2cccc3ccccc23)nnc1-c1ccc(NC(=O)c2ccccc2Cl)cc1. The van der Waals surface area contributed by atoms with Gasteiger partial charge in [0, 0.05) is 24.1 Å². The van der Waals surface area contributed by atoms with Crippen molar-refractivity contribution in [3.8, 4) is 11.4 Å². The van der Waals surface area contributed by atoms with Crippen LogP contribution in [-0.4, -0.2) is 20.7 Å². The summed E-state index contributed by atoms with van der Waals surface area (Å²) in [5, 5.41) is 15.4. The molecule has 1 heterocycles. The average Bonchev–Trinajstić information content (AvgIpc) is 3.23. The van der Waals surface area contributed by atoms with E-state index in [2.05, 4.69) is 58.0 Å². The molecule has 7 heteroatoms. The molecule has 4 aromatic carbocycles. The third-order valence-corrected chi connectivity index (χ3v) is 6.99. The lowest BCUT2D eigenvalue weighted by Crippen LogP contribution is -2.12. The van der Waals surface area contributed by atoms with Crippen LogP contribution in [0, 0.1) is 0 Å². The molecule has 0 bridgehead atoms. The molecule has 168 valence electrons. The molecule has 1 aromatic heterocycles. The van der Waals surface area contributed by atoms with Gasteiger partial charge in [-0.05, 0) is 52.7 Å². The van der Waals surface area contributed by atoms with Crippen LogP contribution in [0.2, 0.25) is 5.02 Å². The first-order valence-electron chi connectivity index (χ1n) is 10.8. The topological polar surface area (TPSA) is 59.8 Å². The molecular weight excluding hydrogens is 464 g/mol. The summed E-state index contributed by atoms with van der Waals surface area (Å²) in [6, 6.07) is 29.3. The largest absolute Gasteiger partial charge is 0.322 e. The molecule has 0 fully saturated rings. The van der Waals surface area contributed by atoms with Gasteiger partial charge in [0.15, 0.2) is 11.0 Å². The first-order chi connectivity index (χ1) is 16.6. The summed E-state index contributed by atoms with van der Waals surface area (Å²) >= 11 is 7.78. The smallest absolute Gasteiger partial charge is 0.257 e. The van der Waals surface area contributed by atoms with E-state index in [1.807, 2.05) is 35.9 Å². The molecular formula is C27H21ClN4OS. The van der Waals surface area contributed by atoms with Crippen molar-refractivity contribution in [3.05, 3.63) is 107 Å². The van der Waals surface area contributed by atoms with Gasteiger partial charge in [0.05, 0.1) is 10.6 Å². The molecule has 0 aliphatic heterocycles. The van der Waals surface area contributed by atoms with Crippen molar-refractivity contribution in [2.75, 3.05) is 5.32 Å². The van der Waals surface area contributed by atoms with Crippen LogP contribution in [-0.2, 0) is 12.8 Å². The molecule has 5 aromatic rings. The Bertz CT molecular complexity index is 1470. The van der Waals surface area contributed by atoms with Crippen LogP contribution in [0.5, 0.6) is 0 Å². The first-order valence-corrected chi connectivity index (χ1v) is 12.1. The zero-order chi connectivity index (χ0) is 23.5. The summed E-state index contributed by atoms with van der Waals surface area (Å²) in [7, 11) is 1.97. The molecule has 0 spiro atoms. The molecule has 1 N–H and O–H groups in total. The van der Waals surface area contributed by atoms with E-state index in [-0.39, 0.29) is 5.91 Å². The van der Waals surface area contributed by atoms with Crippen molar-refractivity contribution in [3.63, 3.8) is 0 Å². The van der Waals surface area contributed by atoms with Crippen molar-refractivity contribution in [2.45, 2.75) is 10.9 Å². The lowest BCUT2D eigenvalue weighted by atomic mass is 10.1. The molecule has 1 amide bonds. The maximum Gasteiger partial charge on any atom is 0.257 e. The quantitative estimate of drug-likeness (QED) is 0.268. The Hall–Kier alpha value is -3.61. The van der Waals surface area contributed by atoms with Gasteiger partial charge in [-0.2, -0.15) is 0 Å². The van der Waals surface area contributed by atoms with Gasteiger partial charge < -0.3 is 9.88 Å². The van der Waals surface area contributed by atoms with Crippen LogP contribution in [0.3, 0.4) is 0 Å². The fourth-order valence-electron chi connectivity index (χ4n) is 3.80. The van der Waals surface area contributed by atoms with Crippen molar-refractivity contribution in [2.24, 2.45) is 7.05 Å². The van der Waals surface area contributed by atoms with Gasteiger partial charge in [-0.3, -0.25) is 4.79 Å². The average molecular weight is 485 g/mol. The normalized spacial score (nSPS) is 11.0. The first kappa shape index (κ1) is 22.2. The lowest BCUT2D eigenvalue weighted by Gasteiger charge is -2.08. The Kier molecular flexibility index (Phi) is 6.34. The van der Waals surface area contributed by atoms with Crippen molar-refractivity contribution in [1.82, 2.24) is 14.8 Å². The number of nitrogens with one attached hydrogen (secondary N) is 1. The van der Waals surface area contributed by atoms with Crippen LogP contribution in [0.4, 0.5) is 5.69 Å². The molecule has 0 aliphatic rings. The fourth-order valence-corrected chi connectivity index (χ4v) is 4.94. The fraction of sp³-hybridized carbons (Fsp3) is 0.0741. The summed E-state index contributed by atoms with van der Waals surface area (Å²) < 4.78 is 1.99. The van der Waals surface area contributed by atoms with Crippen molar-refractivity contribution >= 4 is 45.7 Å². The standard InChI is InChI=1S/C27H21ClN4OS/c1-32-25(19-13-15-21(16-14-19)29-26(33)23-11-4-5-12-24(23)28)30-31-27(32)34-17-20-9-6-8-18-7-2-3-10-22(18)20/h2-16H,17H2,1H3,(H,29,33). The van der Waals surface area contributed by atoms with E-state index in [0.717, 1.165) is 22.3 Å². The zero-order valence-corrected chi connectivity index (χ0v) is 20.0. The Morgan fingerprint density at radius 1 is 0.912 bits per heavy atom. The third-order valence-electron chi connectivity index (χ3n) is 5.59. The van der Waals surface area contributed by atoms with Gasteiger partial charge in [0.25, 0.3) is 5.91 Å². The van der Waals surface area contributed by atoms with Crippen LogP contribution >= 0.6 is 23.4 Å². The number of hydrogen-bond donors (Lipinski definition) is 1. The molecule has 0 saturated carbocycles. The monoisotopic (exact) mass is 484 g/mol. The molecule has 0 unspecified atom stereocenters. The number of carbonyl (C=O) groups is 1. The number of halogens is 1. The van der Waals surface area contributed by atoms with E-state index in [1.165, 1.54) is 16.3 Å². The number of amides is 1. The minimum Gasteiger partial charge on any atom is -0.322 e. The van der Waals surface area contributed by atoms with Gasteiger partial charge in [-0.1, -0.05) is 78.0 Å². The van der Waals surface area contributed by atoms with Crippen molar-refractivity contribution < 1.29 is 4.79 Å². The van der Waals surface area contributed by atoms with Crippen LogP contribution in [0.25, 0.3) is 22.2 Å². The molecule has 0 radical (unpaired) electrons. The summed E-state index contributed by atoms with van der Waals surface area (Å²) in [5.74, 6) is 1.33. The lowest BCUT2D eigenvalue weighted by molar-refractivity contribution is 0.102. The highest BCUT2D eigenvalue weighted by Gasteiger charge is 2.13. The number of thioether (sulfide) groups is 1. The molecule has 34 heavy (non-hydrogen) atoms. The molecule has 0 aliphatic carbocycles. The number of anilines is 1. The highest BCUT2D eigenvalue weighted by Crippen LogP contribution is 2.29. The van der Waals surface area contributed by atoms with Crippen LogP contribution in [0.1, 0.15) is 15.9 Å². The van der Waals surface area contributed by atoms with Gasteiger partial charge in [0.2, 0.25) is 0 Å². The predicted octanol–water partition coefficient (Wildman–Crippen LogP) is 6.83. The minimum atomic E-state index is -0.246. The van der Waals surface area contributed by atoms with Crippen molar-refractivity contribution in [1.29, 1.82) is 0 Å². The third kappa shape index (κ3) is 4.55. The van der Waals surface area contributed by atoms with E-state index in [9.17, 15) is 4.79 Å². The van der Waals surface area contributed by atoms with Gasteiger partial charge in [0.1, 0.15) is 0 Å². The van der Waals surface area contributed by atoms with E-state index >= 15 is 0 Å². The summed E-state index contributed by atoms with van der Waals surface area (Å²) in [6.07, 6.45) is 0. The summed E-state index contributed by atoms with van der Waals surface area (Å²) in [4.78, 5) is 12.5. The van der Waals surface area contributed by atoms with Gasteiger partial charge in [-0.25, -0.2) is 0 Å². The molecule has 5 nitrogen and oxygen atoms in total. The maximum absolute atomic E-state index is 12.5. The number of hydrogen-bond acceptors (Lipinski definition) is 4. The summed E-state index contributed by atoms with van der Waals surface area (Å²) in [6.45, 7) is 0. The Labute approximate surface area is 206 Å². The van der Waals surface area contributed by atoms with E-state index in [4.69, 9.17) is 11.6 Å². The minimum absolute atomic E-state index is 0.246. The number of fused-ring (bicyclic) bond motifs is 1. The number of benzene rings is 4. The molecule has 0 saturated heterocycles. The zero-order valence-electron chi connectivity index (χ0n) is 18.4. The van der Waals surface area contributed by atoms with Gasteiger partial charge >= 0.3 is 0 Å². The molecule has 5 rings (SSSR count). The second-order valence-corrected chi connectivity index (χ2v) is 9.15. The number of aromatic nitrogens is 3. The van der Waals surface area contributed by atoms with Crippen LogP contribution in [0.15, 0.2) is 96.2 Å². The second-order valence-electron chi connectivity index (χ2n) is 7.80. The number of rotatable bonds is 6. The van der Waals surface area contributed by atoms with E-state index in [1.54, 1.807) is 36.0 Å². The highest BCUT2D eigenvalue weighted by atomic mass is 35.5. The number of nitrogens with zero attached hydrogens (tertiary/aromatic N) is 3. The van der Waals surface area contributed by atoms with E-state index < -0.39 is 0 Å². The Morgan fingerprint density at radius 3 is 2.47 bits per heavy atom. The van der Waals surface area contributed by atoms with E-state index in [0.29, 0.717) is 16.3 Å². The highest BCUT2D eigenvalue weighted by molar-refractivity contribution is 7.98. The van der Waals surface area contributed by atoms with Crippen LogP contribution < -0.4 is 5.32 Å².